The molecule has 31 heavy (non-hydrogen) atoms. The number of rotatable bonds is 10. The molecule has 2 aromatic heterocycles. The van der Waals surface area contributed by atoms with Gasteiger partial charge in [0.05, 0.1) is 12.5 Å². The summed E-state index contributed by atoms with van der Waals surface area (Å²) in [5.41, 5.74) is 3.96. The summed E-state index contributed by atoms with van der Waals surface area (Å²) in [5.74, 6) is 1.58. The molecule has 0 bridgehead atoms. The Hall–Kier alpha value is -3.16. The fourth-order valence-electron chi connectivity index (χ4n) is 3.33. The fraction of sp³-hybridized carbons (Fsp3) is 0.333. The van der Waals surface area contributed by atoms with Crippen LogP contribution in [0, 0.1) is 13.8 Å². The monoisotopic (exact) mass is 422 g/mol. The molecule has 0 aliphatic heterocycles. The number of amides is 1. The average Bonchev–Trinajstić information content (AvgIpc) is 3.12. The molecule has 0 radical (unpaired) electrons. The lowest BCUT2D eigenvalue weighted by Crippen LogP contribution is -2.26. The number of benzene rings is 1. The standard InChI is InChI=1S/C24H30N4O3/c1-17-4-5-18(2)28(17)23-11-8-20(15-27-23)22(29)16-26-12-13-31-21-9-6-19(7-10-21)14-24(30)25-3/h4-11,15,22,26,29H,12-14,16H2,1-3H3,(H,25,30). The Bertz CT molecular complexity index is 962. The predicted molar refractivity (Wildman–Crippen MR) is 121 cm³/mol. The molecule has 1 amide bonds. The van der Waals surface area contributed by atoms with Crippen molar-refractivity contribution < 1.29 is 14.6 Å². The Labute approximate surface area is 183 Å². The number of pyridine rings is 1. The lowest BCUT2D eigenvalue weighted by molar-refractivity contribution is -0.119. The van der Waals surface area contributed by atoms with Gasteiger partial charge in [0, 0.05) is 43.3 Å². The van der Waals surface area contributed by atoms with E-state index in [1.54, 1.807) is 13.2 Å². The lowest BCUT2D eigenvalue weighted by atomic mass is 10.1. The van der Waals surface area contributed by atoms with Gasteiger partial charge in [-0.15, -0.1) is 0 Å². The summed E-state index contributed by atoms with van der Waals surface area (Å²) in [7, 11) is 1.63. The number of hydrogen-bond donors (Lipinski definition) is 3. The highest BCUT2D eigenvalue weighted by Crippen LogP contribution is 2.17. The highest BCUT2D eigenvalue weighted by molar-refractivity contribution is 5.78. The van der Waals surface area contributed by atoms with Crippen LogP contribution < -0.4 is 15.4 Å². The summed E-state index contributed by atoms with van der Waals surface area (Å²) in [6, 6.07) is 15.4. The molecule has 0 saturated carbocycles. The van der Waals surface area contributed by atoms with Crippen LogP contribution in [0.1, 0.15) is 28.6 Å². The van der Waals surface area contributed by atoms with Crippen molar-refractivity contribution in [2.45, 2.75) is 26.4 Å². The van der Waals surface area contributed by atoms with Gasteiger partial charge in [-0.05, 0) is 49.7 Å². The van der Waals surface area contributed by atoms with E-state index < -0.39 is 6.10 Å². The van der Waals surface area contributed by atoms with Gasteiger partial charge in [0.25, 0.3) is 0 Å². The second kappa shape index (κ2) is 10.7. The summed E-state index contributed by atoms with van der Waals surface area (Å²) in [6.45, 7) is 5.58. The maximum Gasteiger partial charge on any atom is 0.224 e. The second-order valence-corrected chi connectivity index (χ2v) is 7.46. The highest BCUT2D eigenvalue weighted by atomic mass is 16.5. The molecule has 7 nitrogen and oxygen atoms in total. The van der Waals surface area contributed by atoms with Crippen molar-refractivity contribution in [3.63, 3.8) is 0 Å². The third-order valence-corrected chi connectivity index (χ3v) is 5.11. The largest absolute Gasteiger partial charge is 0.492 e. The quantitative estimate of drug-likeness (QED) is 0.437. The predicted octanol–water partition coefficient (Wildman–Crippen LogP) is 2.48. The Kier molecular flexibility index (Phi) is 7.81. The number of ether oxygens (including phenoxy) is 1. The zero-order valence-corrected chi connectivity index (χ0v) is 18.3. The van der Waals surface area contributed by atoms with Crippen molar-refractivity contribution in [1.82, 2.24) is 20.2 Å². The number of aliphatic hydroxyl groups is 1. The number of nitrogens with zero attached hydrogens (tertiary/aromatic N) is 2. The Balaban J connectivity index is 1.40. The van der Waals surface area contributed by atoms with Crippen LogP contribution in [0.15, 0.2) is 54.7 Å². The van der Waals surface area contributed by atoms with E-state index in [-0.39, 0.29) is 5.91 Å². The van der Waals surface area contributed by atoms with Gasteiger partial charge in [-0.1, -0.05) is 18.2 Å². The van der Waals surface area contributed by atoms with Gasteiger partial charge >= 0.3 is 0 Å². The number of aromatic nitrogens is 2. The molecule has 0 fully saturated rings. The lowest BCUT2D eigenvalue weighted by Gasteiger charge is -2.14. The van der Waals surface area contributed by atoms with E-state index >= 15 is 0 Å². The van der Waals surface area contributed by atoms with Crippen molar-refractivity contribution in [2.24, 2.45) is 0 Å². The first-order chi connectivity index (χ1) is 15.0. The normalized spacial score (nSPS) is 11.9. The van der Waals surface area contributed by atoms with Crippen molar-refractivity contribution in [1.29, 1.82) is 0 Å². The molecule has 2 heterocycles. The van der Waals surface area contributed by atoms with Gasteiger partial charge in [-0.3, -0.25) is 4.79 Å². The first-order valence-corrected chi connectivity index (χ1v) is 10.4. The van der Waals surface area contributed by atoms with Crippen LogP contribution in [-0.4, -0.2) is 47.3 Å². The van der Waals surface area contributed by atoms with Crippen molar-refractivity contribution in [3.8, 4) is 11.6 Å². The first kappa shape index (κ1) is 22.5. The van der Waals surface area contributed by atoms with E-state index in [9.17, 15) is 9.90 Å². The van der Waals surface area contributed by atoms with Crippen LogP contribution in [0.4, 0.5) is 0 Å². The molecule has 1 unspecified atom stereocenters. The third-order valence-electron chi connectivity index (χ3n) is 5.11. The summed E-state index contributed by atoms with van der Waals surface area (Å²) in [5, 5.41) is 16.2. The smallest absolute Gasteiger partial charge is 0.224 e. The maximum absolute atomic E-state index is 11.4. The number of likely N-dealkylation sites (N-methyl/N-ethyl adjacent to an activating group) is 1. The SMILES string of the molecule is CNC(=O)Cc1ccc(OCCNCC(O)c2ccc(-n3c(C)ccc3C)nc2)cc1. The van der Waals surface area contributed by atoms with Gasteiger partial charge in [0.15, 0.2) is 0 Å². The fourth-order valence-corrected chi connectivity index (χ4v) is 3.33. The van der Waals surface area contributed by atoms with E-state index in [0.29, 0.717) is 26.1 Å². The molecule has 0 aliphatic rings. The van der Waals surface area contributed by atoms with E-state index in [4.69, 9.17) is 4.74 Å². The van der Waals surface area contributed by atoms with Gasteiger partial charge in [0.1, 0.15) is 18.2 Å². The molecule has 3 N–H and O–H groups in total. The summed E-state index contributed by atoms with van der Waals surface area (Å²) in [4.78, 5) is 15.9. The van der Waals surface area contributed by atoms with Gasteiger partial charge in [-0.2, -0.15) is 0 Å². The molecular weight excluding hydrogens is 392 g/mol. The van der Waals surface area contributed by atoms with E-state index in [0.717, 1.165) is 34.1 Å². The minimum Gasteiger partial charge on any atom is -0.492 e. The molecule has 0 spiro atoms. The maximum atomic E-state index is 11.4. The summed E-state index contributed by atoms with van der Waals surface area (Å²) >= 11 is 0. The molecule has 3 rings (SSSR count). The number of carbonyl (C=O) groups excluding carboxylic acids is 1. The average molecular weight is 423 g/mol. The summed E-state index contributed by atoms with van der Waals surface area (Å²) < 4.78 is 7.78. The van der Waals surface area contributed by atoms with Gasteiger partial charge < -0.3 is 25.0 Å². The topological polar surface area (TPSA) is 88.4 Å². The minimum absolute atomic E-state index is 0.0174. The number of aryl methyl sites for hydroxylation is 2. The van der Waals surface area contributed by atoms with Crippen molar-refractivity contribution in [2.75, 3.05) is 26.7 Å². The molecule has 3 aromatic rings. The molecule has 0 saturated heterocycles. The van der Waals surface area contributed by atoms with Crippen LogP contribution in [0.5, 0.6) is 5.75 Å². The van der Waals surface area contributed by atoms with Crippen LogP contribution in [-0.2, 0) is 11.2 Å². The minimum atomic E-state index is -0.641. The zero-order valence-electron chi connectivity index (χ0n) is 18.3. The Morgan fingerprint density at radius 1 is 1.10 bits per heavy atom. The molecular formula is C24H30N4O3. The summed E-state index contributed by atoms with van der Waals surface area (Å²) in [6.07, 6.45) is 1.44. The number of carbonyl (C=O) groups is 1. The molecule has 1 atom stereocenters. The van der Waals surface area contributed by atoms with Crippen LogP contribution >= 0.6 is 0 Å². The van der Waals surface area contributed by atoms with Crippen molar-refractivity contribution in [3.05, 3.63) is 77.2 Å². The van der Waals surface area contributed by atoms with Crippen LogP contribution in [0.25, 0.3) is 5.82 Å². The number of aliphatic hydroxyl groups excluding tert-OH is 1. The van der Waals surface area contributed by atoms with E-state index in [1.807, 2.05) is 50.2 Å². The van der Waals surface area contributed by atoms with Crippen molar-refractivity contribution >= 4 is 5.91 Å². The molecule has 0 aliphatic carbocycles. The van der Waals surface area contributed by atoms with Gasteiger partial charge in [-0.25, -0.2) is 4.98 Å². The van der Waals surface area contributed by atoms with E-state index in [2.05, 4.69) is 32.3 Å². The molecule has 7 heteroatoms. The number of nitrogens with one attached hydrogen (secondary N) is 2. The van der Waals surface area contributed by atoms with Crippen LogP contribution in [0.2, 0.25) is 0 Å². The Morgan fingerprint density at radius 2 is 1.81 bits per heavy atom. The number of hydrogen-bond acceptors (Lipinski definition) is 5. The Morgan fingerprint density at radius 3 is 2.42 bits per heavy atom. The first-order valence-electron chi connectivity index (χ1n) is 10.4. The third kappa shape index (κ3) is 6.16. The molecule has 164 valence electrons. The van der Waals surface area contributed by atoms with Gasteiger partial charge in [0.2, 0.25) is 5.91 Å². The molecule has 1 aromatic carbocycles. The zero-order chi connectivity index (χ0) is 22.2. The van der Waals surface area contributed by atoms with Crippen LogP contribution in [0.3, 0.4) is 0 Å². The van der Waals surface area contributed by atoms with E-state index in [1.165, 1.54) is 0 Å². The second-order valence-electron chi connectivity index (χ2n) is 7.46. The highest BCUT2D eigenvalue weighted by Gasteiger charge is 2.10.